The van der Waals surface area contributed by atoms with Crippen molar-refractivity contribution in [3.8, 4) is 5.75 Å². The number of carbonyl (C=O) groups excluding carboxylic acids is 2. The topological polar surface area (TPSA) is 94.8 Å². The van der Waals surface area contributed by atoms with E-state index in [4.69, 9.17) is 13.9 Å². The fourth-order valence-corrected chi connectivity index (χ4v) is 2.57. The number of alkyl carbamates (subject to hydrolysis) is 1. The second-order valence-electron chi connectivity index (χ2n) is 7.34. The molecule has 1 N–H and O–H groups in total. The molecule has 2 rings (SSSR count). The number of esters is 1. The first-order chi connectivity index (χ1) is 12.5. The smallest absolute Gasteiger partial charge is 0.408 e. The maximum absolute atomic E-state index is 12.5. The molecular formula is C20H25NO6. The van der Waals surface area contributed by atoms with Gasteiger partial charge in [-0.1, -0.05) is 6.92 Å². The number of carbonyl (C=O) groups is 2. The van der Waals surface area contributed by atoms with Gasteiger partial charge in [0.15, 0.2) is 0 Å². The van der Waals surface area contributed by atoms with Gasteiger partial charge in [0.2, 0.25) is 0 Å². The standard InChI is InChI=1S/C20H25NO6/c1-7-14(21-19(24)27-20(4,5)6)18(23)25-15-9-8-13-11(2)10-16(22)26-17(13)12(15)3/h8-10,14H,7H2,1-6H3,(H,21,24). The number of aryl methyl sites for hydroxylation is 2. The molecule has 0 aliphatic carbocycles. The van der Waals surface area contributed by atoms with E-state index < -0.39 is 29.3 Å². The molecule has 2 aromatic rings. The SMILES string of the molecule is CCC(NC(=O)OC(C)(C)C)C(=O)Oc1ccc2c(C)cc(=O)oc2c1C. The van der Waals surface area contributed by atoms with Gasteiger partial charge in [-0.15, -0.1) is 0 Å². The molecule has 0 fully saturated rings. The van der Waals surface area contributed by atoms with E-state index in [1.165, 1.54) is 6.07 Å². The third-order valence-electron chi connectivity index (χ3n) is 3.91. The predicted octanol–water partition coefficient (Wildman–Crippen LogP) is 3.62. The molecule has 7 heteroatoms. The fourth-order valence-electron chi connectivity index (χ4n) is 2.57. The van der Waals surface area contributed by atoms with Gasteiger partial charge in [0, 0.05) is 17.0 Å². The summed E-state index contributed by atoms with van der Waals surface area (Å²) < 4.78 is 15.9. The molecule has 0 saturated heterocycles. The van der Waals surface area contributed by atoms with Crippen LogP contribution in [0.15, 0.2) is 27.4 Å². The average Bonchev–Trinajstić information content (AvgIpc) is 2.53. The van der Waals surface area contributed by atoms with Crippen molar-refractivity contribution in [2.45, 2.75) is 59.6 Å². The quantitative estimate of drug-likeness (QED) is 0.498. The van der Waals surface area contributed by atoms with Gasteiger partial charge in [-0.05, 0) is 58.7 Å². The lowest BCUT2D eigenvalue weighted by Crippen LogP contribution is -2.44. The van der Waals surface area contributed by atoms with E-state index in [1.54, 1.807) is 46.8 Å². The molecule has 1 amide bonds. The summed E-state index contributed by atoms with van der Waals surface area (Å²) in [6.45, 7) is 10.5. The Bertz CT molecular complexity index is 922. The van der Waals surface area contributed by atoms with Crippen LogP contribution in [-0.4, -0.2) is 23.7 Å². The first-order valence-electron chi connectivity index (χ1n) is 8.77. The zero-order valence-electron chi connectivity index (χ0n) is 16.5. The van der Waals surface area contributed by atoms with E-state index in [1.807, 2.05) is 6.92 Å². The van der Waals surface area contributed by atoms with Crippen molar-refractivity contribution in [1.29, 1.82) is 0 Å². The molecule has 0 saturated carbocycles. The molecule has 1 aromatic heterocycles. The third kappa shape index (κ3) is 5.09. The minimum Gasteiger partial charge on any atom is -0.444 e. The molecule has 0 aliphatic heterocycles. The van der Waals surface area contributed by atoms with E-state index in [0.717, 1.165) is 10.9 Å². The maximum Gasteiger partial charge on any atom is 0.408 e. The number of hydrogen-bond donors (Lipinski definition) is 1. The molecule has 146 valence electrons. The molecule has 0 bridgehead atoms. The van der Waals surface area contributed by atoms with Crippen molar-refractivity contribution in [1.82, 2.24) is 5.32 Å². The average molecular weight is 375 g/mol. The summed E-state index contributed by atoms with van der Waals surface area (Å²) in [6.07, 6.45) is -0.359. The Balaban J connectivity index is 2.22. The number of benzene rings is 1. The first-order valence-corrected chi connectivity index (χ1v) is 8.77. The largest absolute Gasteiger partial charge is 0.444 e. The van der Waals surface area contributed by atoms with E-state index in [2.05, 4.69) is 5.32 Å². The Morgan fingerprint density at radius 2 is 1.89 bits per heavy atom. The highest BCUT2D eigenvalue weighted by Gasteiger charge is 2.25. The third-order valence-corrected chi connectivity index (χ3v) is 3.91. The number of nitrogens with one attached hydrogen (secondary N) is 1. The Morgan fingerprint density at radius 3 is 2.48 bits per heavy atom. The summed E-state index contributed by atoms with van der Waals surface area (Å²) >= 11 is 0. The summed E-state index contributed by atoms with van der Waals surface area (Å²) in [4.78, 5) is 36.0. The van der Waals surface area contributed by atoms with Crippen LogP contribution < -0.4 is 15.7 Å². The van der Waals surface area contributed by atoms with E-state index in [-0.39, 0.29) is 5.75 Å². The first kappa shape index (κ1) is 20.5. The molecule has 1 aromatic carbocycles. The molecule has 0 radical (unpaired) electrons. The van der Waals surface area contributed by atoms with Crippen LogP contribution >= 0.6 is 0 Å². The molecular weight excluding hydrogens is 350 g/mol. The maximum atomic E-state index is 12.5. The summed E-state index contributed by atoms with van der Waals surface area (Å²) in [5, 5.41) is 3.28. The molecule has 7 nitrogen and oxygen atoms in total. The van der Waals surface area contributed by atoms with Gasteiger partial charge < -0.3 is 19.2 Å². The van der Waals surface area contributed by atoms with Gasteiger partial charge in [-0.3, -0.25) is 0 Å². The molecule has 1 heterocycles. The van der Waals surface area contributed by atoms with Gasteiger partial charge in [0.1, 0.15) is 23.0 Å². The summed E-state index contributed by atoms with van der Waals surface area (Å²) in [6, 6.07) is 3.92. The molecule has 0 spiro atoms. The summed E-state index contributed by atoms with van der Waals surface area (Å²) in [5.41, 5.74) is 0.549. The molecule has 27 heavy (non-hydrogen) atoms. The highest BCUT2D eigenvalue weighted by molar-refractivity contribution is 5.87. The minimum absolute atomic E-state index is 0.269. The van der Waals surface area contributed by atoms with Gasteiger partial charge >= 0.3 is 17.7 Å². The van der Waals surface area contributed by atoms with Crippen molar-refractivity contribution in [3.63, 3.8) is 0 Å². The highest BCUT2D eigenvalue weighted by Crippen LogP contribution is 2.28. The van der Waals surface area contributed by atoms with Crippen LogP contribution in [0.3, 0.4) is 0 Å². The Morgan fingerprint density at radius 1 is 1.22 bits per heavy atom. The van der Waals surface area contributed by atoms with Crippen LogP contribution in [-0.2, 0) is 9.53 Å². The lowest BCUT2D eigenvalue weighted by atomic mass is 10.1. The Kier molecular flexibility index (Phi) is 5.93. The van der Waals surface area contributed by atoms with Gasteiger partial charge in [0.25, 0.3) is 0 Å². The summed E-state index contributed by atoms with van der Waals surface area (Å²) in [5.74, 6) is -0.355. The van der Waals surface area contributed by atoms with Crippen molar-refractivity contribution >= 4 is 23.0 Å². The van der Waals surface area contributed by atoms with Crippen molar-refractivity contribution in [3.05, 3.63) is 39.7 Å². The van der Waals surface area contributed by atoms with Crippen LogP contribution in [0.2, 0.25) is 0 Å². The minimum atomic E-state index is -0.862. The second-order valence-corrected chi connectivity index (χ2v) is 7.34. The monoisotopic (exact) mass is 375 g/mol. The van der Waals surface area contributed by atoms with Crippen molar-refractivity contribution in [2.24, 2.45) is 0 Å². The molecule has 1 unspecified atom stereocenters. The van der Waals surface area contributed by atoms with Crippen LogP contribution in [0.1, 0.15) is 45.2 Å². The zero-order chi connectivity index (χ0) is 20.4. The van der Waals surface area contributed by atoms with Gasteiger partial charge in [-0.2, -0.15) is 0 Å². The summed E-state index contributed by atoms with van der Waals surface area (Å²) in [7, 11) is 0. The number of rotatable bonds is 4. The Labute approximate surface area is 157 Å². The number of hydrogen-bond acceptors (Lipinski definition) is 6. The number of amides is 1. The lowest BCUT2D eigenvalue weighted by molar-refractivity contribution is -0.136. The van der Waals surface area contributed by atoms with Crippen LogP contribution in [0.25, 0.3) is 11.0 Å². The van der Waals surface area contributed by atoms with Gasteiger partial charge in [-0.25, -0.2) is 14.4 Å². The molecule has 1 atom stereocenters. The lowest BCUT2D eigenvalue weighted by Gasteiger charge is -2.22. The van der Waals surface area contributed by atoms with Gasteiger partial charge in [0.05, 0.1) is 0 Å². The van der Waals surface area contributed by atoms with Crippen LogP contribution in [0.4, 0.5) is 4.79 Å². The predicted molar refractivity (Wildman–Crippen MR) is 101 cm³/mol. The van der Waals surface area contributed by atoms with Crippen LogP contribution in [0.5, 0.6) is 5.75 Å². The zero-order valence-corrected chi connectivity index (χ0v) is 16.5. The van der Waals surface area contributed by atoms with E-state index >= 15 is 0 Å². The van der Waals surface area contributed by atoms with Crippen LogP contribution in [0, 0.1) is 13.8 Å². The van der Waals surface area contributed by atoms with E-state index in [9.17, 15) is 14.4 Å². The Hall–Kier alpha value is -2.83. The molecule has 0 aliphatic rings. The second kappa shape index (κ2) is 7.82. The number of ether oxygens (including phenoxy) is 2. The van der Waals surface area contributed by atoms with E-state index in [0.29, 0.717) is 17.6 Å². The fraction of sp³-hybridized carbons (Fsp3) is 0.450. The van der Waals surface area contributed by atoms with Crippen molar-refractivity contribution in [2.75, 3.05) is 0 Å². The normalized spacial score (nSPS) is 12.5. The highest BCUT2D eigenvalue weighted by atomic mass is 16.6. The van der Waals surface area contributed by atoms with Crippen molar-refractivity contribution < 1.29 is 23.5 Å². The number of fused-ring (bicyclic) bond motifs is 1.